The summed E-state index contributed by atoms with van der Waals surface area (Å²) < 4.78 is 0. The number of nitrogens with zero attached hydrogens (tertiary/aromatic N) is 1. The number of carbonyl (C=O) groups is 2. The lowest BCUT2D eigenvalue weighted by molar-refractivity contribution is -0.122. The zero-order valence-electron chi connectivity index (χ0n) is 11.2. The van der Waals surface area contributed by atoms with E-state index >= 15 is 0 Å². The van der Waals surface area contributed by atoms with Crippen LogP contribution in [-0.2, 0) is 4.79 Å². The van der Waals surface area contributed by atoms with Gasteiger partial charge in [0.05, 0.1) is 10.6 Å². The van der Waals surface area contributed by atoms with Gasteiger partial charge in [-0.05, 0) is 18.4 Å². The fraction of sp³-hybridized carbons (Fsp3) is 0.462. The van der Waals surface area contributed by atoms with E-state index in [1.165, 1.54) is 18.5 Å². The third kappa shape index (κ3) is 4.52. The summed E-state index contributed by atoms with van der Waals surface area (Å²) in [5.74, 6) is -0.301. The SMILES string of the molecule is CNC(=O)C(CC(C)C)NC(=O)c1ccncc1Cl. The van der Waals surface area contributed by atoms with Crippen LogP contribution >= 0.6 is 11.6 Å². The minimum Gasteiger partial charge on any atom is -0.357 e. The van der Waals surface area contributed by atoms with Crippen LogP contribution in [0, 0.1) is 5.92 Å². The van der Waals surface area contributed by atoms with Gasteiger partial charge in [-0.25, -0.2) is 0 Å². The molecule has 19 heavy (non-hydrogen) atoms. The van der Waals surface area contributed by atoms with E-state index in [0.29, 0.717) is 12.0 Å². The fourth-order valence-corrected chi connectivity index (χ4v) is 1.88. The van der Waals surface area contributed by atoms with Crippen molar-refractivity contribution in [2.24, 2.45) is 5.92 Å². The maximum Gasteiger partial charge on any atom is 0.253 e. The second-order valence-electron chi connectivity index (χ2n) is 4.63. The van der Waals surface area contributed by atoms with Gasteiger partial charge in [-0.15, -0.1) is 0 Å². The zero-order chi connectivity index (χ0) is 14.4. The second kappa shape index (κ2) is 7.09. The molecule has 1 aromatic rings. The van der Waals surface area contributed by atoms with Crippen molar-refractivity contribution >= 4 is 23.4 Å². The van der Waals surface area contributed by atoms with Gasteiger partial charge in [0.2, 0.25) is 5.91 Å². The van der Waals surface area contributed by atoms with Crippen LogP contribution in [0.15, 0.2) is 18.5 Å². The van der Waals surface area contributed by atoms with Crippen molar-refractivity contribution in [3.63, 3.8) is 0 Å². The Morgan fingerprint density at radius 1 is 1.42 bits per heavy atom. The first-order chi connectivity index (χ1) is 8.95. The molecule has 0 saturated heterocycles. The van der Waals surface area contributed by atoms with Crippen molar-refractivity contribution in [1.29, 1.82) is 0 Å². The van der Waals surface area contributed by atoms with E-state index in [0.717, 1.165) is 0 Å². The molecule has 6 heteroatoms. The van der Waals surface area contributed by atoms with E-state index in [9.17, 15) is 9.59 Å². The van der Waals surface area contributed by atoms with Crippen LogP contribution in [0.1, 0.15) is 30.6 Å². The Labute approximate surface area is 117 Å². The largest absolute Gasteiger partial charge is 0.357 e. The molecular weight excluding hydrogens is 266 g/mol. The third-order valence-corrected chi connectivity index (χ3v) is 2.89. The number of nitrogens with one attached hydrogen (secondary N) is 2. The molecule has 1 rings (SSSR count). The highest BCUT2D eigenvalue weighted by atomic mass is 35.5. The first kappa shape index (κ1) is 15.4. The summed E-state index contributed by atoms with van der Waals surface area (Å²) in [5.41, 5.74) is 0.314. The van der Waals surface area contributed by atoms with E-state index < -0.39 is 6.04 Å². The molecule has 2 N–H and O–H groups in total. The maximum atomic E-state index is 12.1. The van der Waals surface area contributed by atoms with Crippen molar-refractivity contribution in [2.75, 3.05) is 7.05 Å². The van der Waals surface area contributed by atoms with Gasteiger partial charge in [0.15, 0.2) is 0 Å². The van der Waals surface area contributed by atoms with E-state index in [2.05, 4.69) is 15.6 Å². The number of hydrogen-bond donors (Lipinski definition) is 2. The van der Waals surface area contributed by atoms with Crippen LogP contribution in [0.5, 0.6) is 0 Å². The summed E-state index contributed by atoms with van der Waals surface area (Å²) >= 11 is 5.90. The summed E-state index contributed by atoms with van der Waals surface area (Å²) in [4.78, 5) is 27.6. The Kier molecular flexibility index (Phi) is 5.76. The lowest BCUT2D eigenvalue weighted by atomic mass is 10.0. The molecule has 5 nitrogen and oxygen atoms in total. The van der Waals surface area contributed by atoms with Crippen molar-refractivity contribution in [3.05, 3.63) is 29.0 Å². The number of pyridine rings is 1. The molecule has 2 amide bonds. The van der Waals surface area contributed by atoms with Crippen molar-refractivity contribution in [1.82, 2.24) is 15.6 Å². The molecule has 0 radical (unpaired) electrons. The third-order valence-electron chi connectivity index (χ3n) is 2.59. The summed E-state index contributed by atoms with van der Waals surface area (Å²) in [5, 5.41) is 5.50. The number of amides is 2. The number of hydrogen-bond acceptors (Lipinski definition) is 3. The lowest BCUT2D eigenvalue weighted by Gasteiger charge is -2.19. The Bertz CT molecular complexity index is 463. The van der Waals surface area contributed by atoms with E-state index in [-0.39, 0.29) is 22.8 Å². The molecule has 1 unspecified atom stereocenters. The Hall–Kier alpha value is -1.62. The van der Waals surface area contributed by atoms with E-state index in [1.54, 1.807) is 7.05 Å². The first-order valence-corrected chi connectivity index (χ1v) is 6.45. The van der Waals surface area contributed by atoms with Gasteiger partial charge in [0.25, 0.3) is 5.91 Å². The molecule has 0 bridgehead atoms. The van der Waals surface area contributed by atoms with Crippen molar-refractivity contribution < 1.29 is 9.59 Å². The summed E-state index contributed by atoms with van der Waals surface area (Å²) in [7, 11) is 1.54. The molecule has 0 aliphatic rings. The van der Waals surface area contributed by atoms with Crippen LogP contribution < -0.4 is 10.6 Å². The quantitative estimate of drug-likeness (QED) is 0.863. The number of aromatic nitrogens is 1. The van der Waals surface area contributed by atoms with Crippen LogP contribution in [0.4, 0.5) is 0 Å². The van der Waals surface area contributed by atoms with Gasteiger partial charge in [-0.1, -0.05) is 25.4 Å². The fourth-order valence-electron chi connectivity index (χ4n) is 1.67. The molecule has 0 aliphatic heterocycles. The van der Waals surface area contributed by atoms with Gasteiger partial charge >= 0.3 is 0 Å². The average Bonchev–Trinajstić information content (AvgIpc) is 2.36. The molecule has 104 valence electrons. The van der Waals surface area contributed by atoms with Gasteiger partial charge in [-0.2, -0.15) is 0 Å². The maximum absolute atomic E-state index is 12.1. The predicted octanol–water partition coefficient (Wildman–Crippen LogP) is 1.63. The molecular formula is C13H18ClN3O2. The Morgan fingerprint density at radius 2 is 2.11 bits per heavy atom. The highest BCUT2D eigenvalue weighted by Crippen LogP contribution is 2.14. The number of rotatable bonds is 5. The first-order valence-electron chi connectivity index (χ1n) is 6.07. The summed E-state index contributed by atoms with van der Waals surface area (Å²) in [6, 6.07) is 0.954. The van der Waals surface area contributed by atoms with Crippen LogP contribution in [0.3, 0.4) is 0 Å². The zero-order valence-corrected chi connectivity index (χ0v) is 12.0. The molecule has 1 atom stereocenters. The van der Waals surface area contributed by atoms with Crippen molar-refractivity contribution in [3.8, 4) is 0 Å². The highest BCUT2D eigenvalue weighted by Gasteiger charge is 2.22. The van der Waals surface area contributed by atoms with E-state index in [1.807, 2.05) is 13.8 Å². The van der Waals surface area contributed by atoms with Crippen LogP contribution in [-0.4, -0.2) is 29.9 Å². The minimum atomic E-state index is -0.568. The summed E-state index contributed by atoms with van der Waals surface area (Å²) in [6.07, 6.45) is 3.44. The van der Waals surface area contributed by atoms with E-state index in [4.69, 9.17) is 11.6 Å². The van der Waals surface area contributed by atoms with Crippen LogP contribution in [0.25, 0.3) is 0 Å². The smallest absolute Gasteiger partial charge is 0.253 e. The number of halogens is 1. The molecule has 0 spiro atoms. The topological polar surface area (TPSA) is 71.1 Å². The second-order valence-corrected chi connectivity index (χ2v) is 5.03. The summed E-state index contributed by atoms with van der Waals surface area (Å²) in [6.45, 7) is 3.98. The average molecular weight is 284 g/mol. The molecule has 1 aromatic heterocycles. The van der Waals surface area contributed by atoms with Gasteiger partial charge in [-0.3, -0.25) is 14.6 Å². The normalized spacial score (nSPS) is 12.1. The monoisotopic (exact) mass is 283 g/mol. The molecule has 0 saturated carbocycles. The lowest BCUT2D eigenvalue weighted by Crippen LogP contribution is -2.46. The van der Waals surface area contributed by atoms with Gasteiger partial charge in [0.1, 0.15) is 6.04 Å². The highest BCUT2D eigenvalue weighted by molar-refractivity contribution is 6.33. The van der Waals surface area contributed by atoms with Gasteiger partial charge in [0, 0.05) is 19.4 Å². The number of likely N-dealkylation sites (N-methyl/N-ethyl adjacent to an activating group) is 1. The van der Waals surface area contributed by atoms with Gasteiger partial charge < -0.3 is 10.6 Å². The van der Waals surface area contributed by atoms with Crippen LogP contribution in [0.2, 0.25) is 5.02 Å². The molecule has 0 aromatic carbocycles. The van der Waals surface area contributed by atoms with Crippen molar-refractivity contribution in [2.45, 2.75) is 26.3 Å². The molecule has 0 aliphatic carbocycles. The minimum absolute atomic E-state index is 0.216. The number of carbonyl (C=O) groups excluding carboxylic acids is 2. The Morgan fingerprint density at radius 3 is 2.63 bits per heavy atom. The molecule has 0 fully saturated rings. The molecule has 1 heterocycles. The Balaban J connectivity index is 2.82. The predicted molar refractivity (Wildman–Crippen MR) is 74.0 cm³/mol. The standard InChI is InChI=1S/C13H18ClN3O2/c1-8(2)6-11(13(19)15-3)17-12(18)9-4-5-16-7-10(9)14/h4-5,7-8,11H,6H2,1-3H3,(H,15,19)(H,17,18).